The lowest BCUT2D eigenvalue weighted by atomic mass is 10.2. The molecule has 3 heterocycles. The van der Waals surface area contributed by atoms with Crippen LogP contribution in [0.25, 0.3) is 28.6 Å². The molecular formula is C24H18N4O6S2. The fraction of sp³-hybridized carbons (Fsp3) is 0.0833. The minimum Gasteiger partial charge on any atom is -0.497 e. The van der Waals surface area contributed by atoms with Crippen molar-refractivity contribution in [2.45, 2.75) is 15.5 Å². The molecule has 182 valence electrons. The summed E-state index contributed by atoms with van der Waals surface area (Å²) in [6.45, 7) is 0. The van der Waals surface area contributed by atoms with Crippen molar-refractivity contribution in [3.8, 4) is 23.0 Å². The number of carboxylic acid groups (broad SMARTS) is 1. The van der Waals surface area contributed by atoms with Gasteiger partial charge < -0.3 is 28.4 Å². The van der Waals surface area contributed by atoms with Crippen molar-refractivity contribution in [1.82, 2.24) is 20.2 Å². The number of aliphatic carboxylic acids is 1. The van der Waals surface area contributed by atoms with Gasteiger partial charge in [0.15, 0.2) is 10.2 Å². The van der Waals surface area contributed by atoms with Crippen LogP contribution in [0, 0.1) is 0 Å². The molecule has 0 atom stereocenters. The summed E-state index contributed by atoms with van der Waals surface area (Å²) in [5, 5.41) is 19.0. The topological polar surface area (TPSA) is 136 Å². The maximum atomic E-state index is 11.9. The molecule has 12 heteroatoms. The number of aromatic amines is 1. The summed E-state index contributed by atoms with van der Waals surface area (Å²) in [6, 6.07) is 16.2. The van der Waals surface area contributed by atoms with Crippen LogP contribution in [0.4, 0.5) is 0 Å². The van der Waals surface area contributed by atoms with Gasteiger partial charge in [-0.05, 0) is 59.9 Å². The number of benzene rings is 2. The number of H-pyrrole nitrogens is 1. The minimum atomic E-state index is -1.16. The molecule has 10 nitrogen and oxygen atoms in total. The maximum absolute atomic E-state index is 11.9. The largest absolute Gasteiger partial charge is 0.497 e. The lowest BCUT2D eigenvalue weighted by Gasteiger charge is -2.05. The number of rotatable bonds is 9. The van der Waals surface area contributed by atoms with Crippen LogP contribution in [0.1, 0.15) is 5.76 Å². The summed E-state index contributed by atoms with van der Waals surface area (Å²) in [7, 11) is 3.07. The average Bonchev–Trinajstić information content (AvgIpc) is 3.63. The Labute approximate surface area is 212 Å². The van der Waals surface area contributed by atoms with Crippen LogP contribution in [-0.2, 0) is 4.79 Å². The highest BCUT2D eigenvalue weighted by Gasteiger charge is 2.18. The normalized spacial score (nSPS) is 11.7. The number of hydrogen-bond acceptors (Lipinski definition) is 10. The third-order valence-electron chi connectivity index (χ3n) is 4.85. The molecule has 0 aliphatic heterocycles. The van der Waals surface area contributed by atoms with E-state index >= 15 is 0 Å². The number of ether oxygens (including phenoxy) is 2. The van der Waals surface area contributed by atoms with Gasteiger partial charge in [-0.2, -0.15) is 0 Å². The van der Waals surface area contributed by atoms with Gasteiger partial charge >= 0.3 is 5.97 Å². The van der Waals surface area contributed by atoms with Gasteiger partial charge in [0.05, 0.1) is 25.3 Å². The predicted molar refractivity (Wildman–Crippen MR) is 133 cm³/mol. The van der Waals surface area contributed by atoms with Crippen molar-refractivity contribution in [2.75, 3.05) is 14.2 Å². The van der Waals surface area contributed by atoms with Gasteiger partial charge in [-0.15, -0.1) is 10.2 Å². The molecule has 2 aromatic carbocycles. The second-order valence-electron chi connectivity index (χ2n) is 7.21. The van der Waals surface area contributed by atoms with E-state index in [0.29, 0.717) is 33.1 Å². The zero-order valence-corrected chi connectivity index (χ0v) is 20.6. The van der Waals surface area contributed by atoms with Gasteiger partial charge in [0, 0.05) is 17.7 Å². The number of para-hydroxylation sites is 2. The Bertz CT molecular complexity index is 1520. The molecule has 5 aromatic rings. The molecular weight excluding hydrogens is 504 g/mol. The molecule has 0 radical (unpaired) electrons. The van der Waals surface area contributed by atoms with Crippen LogP contribution in [-0.4, -0.2) is 45.5 Å². The highest BCUT2D eigenvalue weighted by Crippen LogP contribution is 2.34. The zero-order chi connectivity index (χ0) is 25.1. The van der Waals surface area contributed by atoms with Crippen LogP contribution in [0.2, 0.25) is 0 Å². The standard InChI is InChI=1S/C24H18N4O6S2/c1-31-15-9-13(10-16(11-15)32-2)21-27-28-24(34-21)35-19(22(29)30)12-14-7-8-20(33-14)36-23-25-17-5-3-4-6-18(17)26-23/h3-12H,1-2H3,(H,25,26)(H,29,30)/b19-12-. The van der Waals surface area contributed by atoms with E-state index in [1.165, 1.54) is 32.1 Å². The van der Waals surface area contributed by atoms with E-state index < -0.39 is 5.97 Å². The van der Waals surface area contributed by atoms with Gasteiger partial charge in [0.2, 0.25) is 5.89 Å². The molecule has 0 spiro atoms. The Hall–Kier alpha value is -4.16. The summed E-state index contributed by atoms with van der Waals surface area (Å²) < 4.78 is 22.0. The molecule has 0 unspecified atom stereocenters. The molecule has 5 rings (SSSR count). The van der Waals surface area contributed by atoms with Gasteiger partial charge in [-0.25, -0.2) is 9.78 Å². The van der Waals surface area contributed by atoms with Gasteiger partial charge in [-0.1, -0.05) is 12.1 Å². The number of aromatic nitrogens is 4. The van der Waals surface area contributed by atoms with E-state index in [1.807, 2.05) is 24.3 Å². The van der Waals surface area contributed by atoms with Crippen molar-refractivity contribution >= 4 is 46.6 Å². The minimum absolute atomic E-state index is 0.0527. The van der Waals surface area contributed by atoms with E-state index in [-0.39, 0.29) is 16.0 Å². The van der Waals surface area contributed by atoms with E-state index in [4.69, 9.17) is 18.3 Å². The second kappa shape index (κ2) is 10.2. The molecule has 0 aliphatic carbocycles. The number of thioether (sulfide) groups is 1. The molecule has 0 amide bonds. The Balaban J connectivity index is 1.33. The van der Waals surface area contributed by atoms with Crippen LogP contribution >= 0.6 is 23.5 Å². The number of imidazole rings is 1. The fourth-order valence-corrected chi connectivity index (χ4v) is 4.62. The smallest absolute Gasteiger partial charge is 0.342 e. The third kappa shape index (κ3) is 5.24. The lowest BCUT2D eigenvalue weighted by molar-refractivity contribution is -0.131. The number of fused-ring (bicyclic) bond motifs is 1. The first-order valence-corrected chi connectivity index (χ1v) is 12.1. The number of carboxylic acids is 1. The molecule has 0 saturated carbocycles. The molecule has 36 heavy (non-hydrogen) atoms. The van der Waals surface area contributed by atoms with Crippen LogP contribution < -0.4 is 9.47 Å². The summed E-state index contributed by atoms with van der Waals surface area (Å²) in [6.07, 6.45) is 1.40. The lowest BCUT2D eigenvalue weighted by Crippen LogP contribution is -1.96. The molecule has 0 bridgehead atoms. The molecule has 2 N–H and O–H groups in total. The number of hydrogen-bond donors (Lipinski definition) is 2. The zero-order valence-electron chi connectivity index (χ0n) is 18.9. The number of methoxy groups -OCH3 is 2. The third-order valence-corrected chi connectivity index (χ3v) is 6.51. The first-order valence-electron chi connectivity index (χ1n) is 10.4. The van der Waals surface area contributed by atoms with E-state index in [0.717, 1.165) is 22.8 Å². The average molecular weight is 523 g/mol. The number of carbonyl (C=O) groups is 1. The van der Waals surface area contributed by atoms with Crippen molar-refractivity contribution in [3.05, 3.63) is 65.3 Å². The maximum Gasteiger partial charge on any atom is 0.342 e. The number of nitrogens with one attached hydrogen (secondary N) is 1. The van der Waals surface area contributed by atoms with Crippen molar-refractivity contribution in [3.63, 3.8) is 0 Å². The Morgan fingerprint density at radius 2 is 1.81 bits per heavy atom. The Kier molecular flexibility index (Phi) is 6.69. The van der Waals surface area contributed by atoms with E-state index in [1.54, 1.807) is 30.3 Å². The number of furan rings is 1. The first kappa shape index (κ1) is 23.6. The Morgan fingerprint density at radius 3 is 2.53 bits per heavy atom. The summed E-state index contributed by atoms with van der Waals surface area (Å²) >= 11 is 2.12. The highest BCUT2D eigenvalue weighted by molar-refractivity contribution is 8.03. The first-order chi connectivity index (χ1) is 17.5. The van der Waals surface area contributed by atoms with E-state index in [9.17, 15) is 9.90 Å². The van der Waals surface area contributed by atoms with Crippen molar-refractivity contribution in [1.29, 1.82) is 0 Å². The molecule has 0 saturated heterocycles. The van der Waals surface area contributed by atoms with Crippen LogP contribution in [0.3, 0.4) is 0 Å². The van der Waals surface area contributed by atoms with Gasteiger partial charge in [0.25, 0.3) is 5.22 Å². The predicted octanol–water partition coefficient (Wildman–Crippen LogP) is 5.59. The van der Waals surface area contributed by atoms with Gasteiger partial charge in [-0.3, -0.25) is 0 Å². The SMILES string of the molecule is COc1cc(OC)cc(-c2nnc(S/C(=C\c3ccc(Sc4nc5ccccc5[nH]4)o3)C(=O)O)o2)c1. The van der Waals surface area contributed by atoms with Crippen LogP contribution in [0.15, 0.2) is 83.8 Å². The molecule has 0 aliphatic rings. The van der Waals surface area contributed by atoms with Crippen LogP contribution in [0.5, 0.6) is 11.5 Å². The van der Waals surface area contributed by atoms with Crippen molar-refractivity contribution in [2.24, 2.45) is 0 Å². The summed E-state index contributed by atoms with van der Waals surface area (Å²) in [4.78, 5) is 19.5. The summed E-state index contributed by atoms with van der Waals surface area (Å²) in [5.41, 5.74) is 2.34. The number of nitrogens with zero attached hydrogens (tertiary/aromatic N) is 3. The Morgan fingerprint density at radius 1 is 1.03 bits per heavy atom. The van der Waals surface area contributed by atoms with Crippen molar-refractivity contribution < 1.29 is 28.2 Å². The molecule has 0 fully saturated rings. The second-order valence-corrected chi connectivity index (χ2v) is 9.19. The monoisotopic (exact) mass is 522 g/mol. The quantitative estimate of drug-likeness (QED) is 0.185. The van der Waals surface area contributed by atoms with E-state index in [2.05, 4.69) is 20.2 Å². The van der Waals surface area contributed by atoms with Gasteiger partial charge in [0.1, 0.15) is 22.2 Å². The fourth-order valence-electron chi connectivity index (χ4n) is 3.20. The highest BCUT2D eigenvalue weighted by atomic mass is 32.2. The molecule has 3 aromatic heterocycles. The summed E-state index contributed by atoms with van der Waals surface area (Å²) in [5.74, 6) is 0.498.